The molecule has 98 valence electrons. The Bertz CT molecular complexity index is 620. The first-order valence-electron chi connectivity index (χ1n) is 5.92. The van der Waals surface area contributed by atoms with Crippen molar-refractivity contribution in [1.82, 2.24) is 10.2 Å². The highest BCUT2D eigenvalue weighted by molar-refractivity contribution is 5.98. The first-order chi connectivity index (χ1) is 8.99. The highest BCUT2D eigenvalue weighted by atomic mass is 16.5. The van der Waals surface area contributed by atoms with Crippen LogP contribution in [0.4, 0.5) is 0 Å². The van der Waals surface area contributed by atoms with Crippen LogP contribution in [0.2, 0.25) is 0 Å². The van der Waals surface area contributed by atoms with E-state index in [2.05, 4.69) is 10.2 Å². The van der Waals surface area contributed by atoms with E-state index in [4.69, 9.17) is 15.9 Å². The molecule has 0 bridgehead atoms. The third-order valence-corrected chi connectivity index (χ3v) is 2.93. The Morgan fingerprint density at radius 2 is 1.74 bits per heavy atom. The lowest BCUT2D eigenvalue weighted by atomic mass is 10.1. The zero-order valence-corrected chi connectivity index (χ0v) is 11.2. The minimum atomic E-state index is -0.0717. The molecule has 0 radical (unpaired) electrons. The molecule has 0 spiro atoms. The molecule has 2 aromatic rings. The van der Waals surface area contributed by atoms with Gasteiger partial charge in [0.2, 0.25) is 5.88 Å². The molecule has 0 aliphatic heterocycles. The van der Waals surface area contributed by atoms with Gasteiger partial charge in [-0.1, -0.05) is 17.7 Å². The largest absolute Gasteiger partial charge is 0.437 e. The van der Waals surface area contributed by atoms with Crippen LogP contribution in [0.3, 0.4) is 0 Å². The first-order valence-corrected chi connectivity index (χ1v) is 5.92. The molecule has 5 nitrogen and oxygen atoms in total. The fourth-order valence-corrected chi connectivity index (χ4v) is 1.69. The van der Waals surface area contributed by atoms with E-state index in [9.17, 15) is 0 Å². The van der Waals surface area contributed by atoms with E-state index in [0.717, 1.165) is 16.8 Å². The third kappa shape index (κ3) is 2.70. The number of hydrogen-bond donors (Lipinski definition) is 2. The molecule has 0 atom stereocenters. The smallest absolute Gasteiger partial charge is 0.250 e. The lowest BCUT2D eigenvalue weighted by Crippen LogP contribution is -2.16. The monoisotopic (exact) mass is 256 g/mol. The van der Waals surface area contributed by atoms with Gasteiger partial charge in [0.05, 0.1) is 11.3 Å². The standard InChI is InChI=1S/C14H16N4O/c1-8-4-6-11(7-5-8)19-14-12(13(15)16)9(2)10(3)17-18-14/h4-7H,1-3H3,(H3,15,16). The topological polar surface area (TPSA) is 84.9 Å². The molecule has 0 aliphatic carbocycles. The Morgan fingerprint density at radius 1 is 1.11 bits per heavy atom. The van der Waals surface area contributed by atoms with Crippen LogP contribution in [0.15, 0.2) is 24.3 Å². The number of nitrogens with two attached hydrogens (primary N) is 1. The van der Waals surface area contributed by atoms with Gasteiger partial charge in [-0.25, -0.2) is 0 Å². The Labute approximate surface area is 111 Å². The van der Waals surface area contributed by atoms with Gasteiger partial charge in [0.1, 0.15) is 11.6 Å². The summed E-state index contributed by atoms with van der Waals surface area (Å²) in [7, 11) is 0. The maximum atomic E-state index is 7.64. The van der Waals surface area contributed by atoms with Gasteiger partial charge in [0.25, 0.3) is 0 Å². The summed E-state index contributed by atoms with van der Waals surface area (Å²) in [4.78, 5) is 0. The van der Waals surface area contributed by atoms with Crippen LogP contribution in [0.5, 0.6) is 11.6 Å². The van der Waals surface area contributed by atoms with E-state index >= 15 is 0 Å². The molecule has 5 heteroatoms. The van der Waals surface area contributed by atoms with Gasteiger partial charge >= 0.3 is 0 Å². The van der Waals surface area contributed by atoms with Crippen LogP contribution >= 0.6 is 0 Å². The zero-order chi connectivity index (χ0) is 14.0. The average molecular weight is 256 g/mol. The number of rotatable bonds is 3. The summed E-state index contributed by atoms with van der Waals surface area (Å²) in [6.07, 6.45) is 0. The van der Waals surface area contributed by atoms with Crippen molar-refractivity contribution in [2.24, 2.45) is 5.73 Å². The van der Waals surface area contributed by atoms with Gasteiger partial charge in [-0.2, -0.15) is 5.10 Å². The summed E-state index contributed by atoms with van der Waals surface area (Å²) in [6, 6.07) is 7.57. The molecular weight excluding hydrogens is 240 g/mol. The predicted octanol–water partition coefficient (Wildman–Crippen LogP) is 2.48. The minimum absolute atomic E-state index is 0.0717. The zero-order valence-electron chi connectivity index (χ0n) is 11.2. The molecule has 0 fully saturated rings. The summed E-state index contributed by atoms with van der Waals surface area (Å²) >= 11 is 0. The van der Waals surface area contributed by atoms with Crippen molar-refractivity contribution < 1.29 is 4.74 Å². The first kappa shape index (κ1) is 13.0. The van der Waals surface area contributed by atoms with E-state index in [0.29, 0.717) is 11.3 Å². The van der Waals surface area contributed by atoms with E-state index in [1.165, 1.54) is 0 Å². The molecule has 0 unspecified atom stereocenters. The summed E-state index contributed by atoms with van der Waals surface area (Å²) in [6.45, 7) is 5.67. The van der Waals surface area contributed by atoms with Crippen LogP contribution in [0.25, 0.3) is 0 Å². The number of nitrogen functional groups attached to an aromatic ring is 1. The number of ether oxygens (including phenoxy) is 1. The van der Waals surface area contributed by atoms with Crippen molar-refractivity contribution in [2.75, 3.05) is 0 Å². The van der Waals surface area contributed by atoms with Crippen LogP contribution < -0.4 is 10.5 Å². The van der Waals surface area contributed by atoms with E-state index < -0.39 is 0 Å². The van der Waals surface area contributed by atoms with Gasteiger partial charge < -0.3 is 10.5 Å². The van der Waals surface area contributed by atoms with Crippen molar-refractivity contribution in [3.05, 3.63) is 46.6 Å². The minimum Gasteiger partial charge on any atom is -0.437 e. The Balaban J connectivity index is 2.42. The van der Waals surface area contributed by atoms with Gasteiger partial charge in [-0.3, -0.25) is 5.41 Å². The SMILES string of the molecule is Cc1ccc(Oc2nnc(C)c(C)c2C(=N)N)cc1. The van der Waals surface area contributed by atoms with Crippen molar-refractivity contribution >= 4 is 5.84 Å². The normalized spacial score (nSPS) is 10.3. The van der Waals surface area contributed by atoms with E-state index in [1.807, 2.05) is 45.0 Å². The molecule has 1 aromatic carbocycles. The van der Waals surface area contributed by atoms with Crippen LogP contribution in [-0.2, 0) is 0 Å². The fraction of sp³-hybridized carbons (Fsp3) is 0.214. The molecule has 2 rings (SSSR count). The summed E-state index contributed by atoms with van der Waals surface area (Å²) in [5, 5.41) is 15.6. The molecule has 0 amide bonds. The molecule has 0 aliphatic rings. The molecule has 1 heterocycles. The van der Waals surface area contributed by atoms with Crippen molar-refractivity contribution in [3.63, 3.8) is 0 Å². The maximum absolute atomic E-state index is 7.64. The van der Waals surface area contributed by atoms with Crippen molar-refractivity contribution in [3.8, 4) is 11.6 Å². The summed E-state index contributed by atoms with van der Waals surface area (Å²) in [5.74, 6) is 0.836. The highest BCUT2D eigenvalue weighted by Gasteiger charge is 2.15. The lowest BCUT2D eigenvalue weighted by Gasteiger charge is -2.12. The summed E-state index contributed by atoms with van der Waals surface area (Å²) in [5.41, 5.74) is 8.78. The lowest BCUT2D eigenvalue weighted by molar-refractivity contribution is 0.452. The predicted molar refractivity (Wildman–Crippen MR) is 73.8 cm³/mol. The quantitative estimate of drug-likeness (QED) is 0.652. The number of hydrogen-bond acceptors (Lipinski definition) is 4. The third-order valence-electron chi connectivity index (χ3n) is 2.93. The second kappa shape index (κ2) is 5.06. The molecule has 19 heavy (non-hydrogen) atoms. The number of nitrogens with one attached hydrogen (secondary N) is 1. The van der Waals surface area contributed by atoms with Crippen molar-refractivity contribution in [2.45, 2.75) is 20.8 Å². The number of amidine groups is 1. The number of benzene rings is 1. The van der Waals surface area contributed by atoms with Crippen LogP contribution in [0, 0.1) is 26.2 Å². The Morgan fingerprint density at radius 3 is 2.32 bits per heavy atom. The number of nitrogens with zero attached hydrogens (tertiary/aromatic N) is 2. The number of aromatic nitrogens is 2. The average Bonchev–Trinajstić information content (AvgIpc) is 2.36. The van der Waals surface area contributed by atoms with Crippen LogP contribution in [-0.4, -0.2) is 16.0 Å². The van der Waals surface area contributed by atoms with E-state index in [-0.39, 0.29) is 11.7 Å². The molecular formula is C14H16N4O. The molecule has 0 saturated carbocycles. The van der Waals surface area contributed by atoms with E-state index in [1.54, 1.807) is 0 Å². The Kier molecular flexibility index (Phi) is 3.46. The highest BCUT2D eigenvalue weighted by Crippen LogP contribution is 2.25. The maximum Gasteiger partial charge on any atom is 0.250 e. The second-order valence-electron chi connectivity index (χ2n) is 4.42. The summed E-state index contributed by atoms with van der Waals surface area (Å²) < 4.78 is 5.67. The number of aryl methyl sites for hydroxylation is 2. The fourth-order valence-electron chi connectivity index (χ4n) is 1.69. The van der Waals surface area contributed by atoms with Gasteiger partial charge in [-0.15, -0.1) is 5.10 Å². The van der Waals surface area contributed by atoms with Gasteiger partial charge in [0.15, 0.2) is 0 Å². The van der Waals surface area contributed by atoms with Gasteiger partial charge in [0, 0.05) is 0 Å². The Hall–Kier alpha value is -2.43. The van der Waals surface area contributed by atoms with Gasteiger partial charge in [-0.05, 0) is 38.5 Å². The second-order valence-corrected chi connectivity index (χ2v) is 4.42. The molecule has 3 N–H and O–H groups in total. The molecule has 0 saturated heterocycles. The van der Waals surface area contributed by atoms with Crippen molar-refractivity contribution in [1.29, 1.82) is 5.41 Å². The van der Waals surface area contributed by atoms with Crippen LogP contribution in [0.1, 0.15) is 22.4 Å². The molecule has 1 aromatic heterocycles.